The Balaban J connectivity index is 1.66. The minimum atomic E-state index is 0.181. The minimum Gasteiger partial charge on any atom is -0.290 e. The smallest absolute Gasteiger partial charge is 0.181 e. The highest BCUT2D eigenvalue weighted by Gasteiger charge is 2.01. The van der Waals surface area contributed by atoms with E-state index >= 15 is 0 Å². The molecule has 2 rings (SSSR count). The van der Waals surface area contributed by atoms with Crippen LogP contribution in [0.4, 0.5) is 0 Å². The van der Waals surface area contributed by atoms with Gasteiger partial charge in [0.1, 0.15) is 0 Å². The summed E-state index contributed by atoms with van der Waals surface area (Å²) in [7, 11) is 0. The molecule has 0 saturated heterocycles. The molecule has 0 saturated carbocycles. The Labute approximate surface area is 109 Å². The average molecular weight is 239 g/mol. The van der Waals surface area contributed by atoms with Crippen LogP contribution in [-0.2, 0) is 17.9 Å². The summed E-state index contributed by atoms with van der Waals surface area (Å²) in [5, 5.41) is 11.5. The van der Waals surface area contributed by atoms with Crippen LogP contribution >= 0.6 is 0 Å². The zero-order chi connectivity index (χ0) is 12.6. The van der Waals surface area contributed by atoms with Crippen LogP contribution in [0.15, 0.2) is 54.6 Å². The highest BCUT2D eigenvalue weighted by Crippen LogP contribution is 2.19. The lowest BCUT2D eigenvalue weighted by Crippen LogP contribution is -1.88. The van der Waals surface area contributed by atoms with Crippen molar-refractivity contribution >= 4 is 0 Å². The van der Waals surface area contributed by atoms with Gasteiger partial charge in [-0.25, -0.2) is 0 Å². The molecule has 0 spiro atoms. The molecule has 0 heterocycles. The quantitative estimate of drug-likeness (QED) is 0.646. The van der Waals surface area contributed by atoms with Crippen LogP contribution in [0.25, 0.3) is 0 Å². The largest absolute Gasteiger partial charge is 0.290 e. The Hall–Kier alpha value is -1.76. The molecular weight excluding hydrogens is 220 g/mol. The Kier molecular flexibility index (Phi) is 4.83. The third-order valence-electron chi connectivity index (χ3n) is 3.23. The van der Waals surface area contributed by atoms with Crippen LogP contribution in [0, 0.1) is 0 Å². The molecule has 0 bridgehead atoms. The number of benzene rings is 2. The van der Waals surface area contributed by atoms with Gasteiger partial charge in [0, 0.05) is 0 Å². The summed E-state index contributed by atoms with van der Waals surface area (Å²) in [5.74, 6) is 0.181. The summed E-state index contributed by atoms with van der Waals surface area (Å²) >= 11 is 0. The van der Waals surface area contributed by atoms with Gasteiger partial charge in [0.2, 0.25) is 0 Å². The highest BCUT2D eigenvalue weighted by molar-refractivity contribution is 5.31. The number of aryl methyl sites for hydroxylation is 2. The van der Waals surface area contributed by atoms with Crippen molar-refractivity contribution in [2.75, 3.05) is 0 Å². The van der Waals surface area contributed by atoms with Gasteiger partial charge in [-0.05, 0) is 42.9 Å². The molecule has 1 nitrogen and oxygen atoms in total. The first-order valence-electron chi connectivity index (χ1n) is 6.65. The Morgan fingerprint density at radius 1 is 0.667 bits per heavy atom. The van der Waals surface area contributed by atoms with Crippen LogP contribution in [0.2, 0.25) is 0 Å². The fourth-order valence-corrected chi connectivity index (χ4v) is 2.18. The second kappa shape index (κ2) is 6.85. The molecule has 2 aromatic carbocycles. The van der Waals surface area contributed by atoms with Gasteiger partial charge in [-0.2, -0.15) is 0 Å². The Morgan fingerprint density at radius 2 is 1.33 bits per heavy atom. The second-order valence-corrected chi connectivity index (χ2v) is 4.65. The lowest BCUT2D eigenvalue weighted by atomic mass is 10.0. The molecule has 0 fully saturated rings. The van der Waals surface area contributed by atoms with Crippen LogP contribution in [0.1, 0.15) is 30.4 Å². The number of unbranched alkanes of at least 4 members (excludes halogenated alkanes) is 2. The van der Waals surface area contributed by atoms with Gasteiger partial charge in [0.05, 0.1) is 0 Å². The standard InChI is InChI=1S/C17H19O/c18-17-14-8-7-13-16(17)12-6-2-5-11-15-9-3-1-4-10-15/h1,3-4,7-10,13-14H,2,5-6,11-12H2. The number of hydrogen-bond acceptors (Lipinski definition) is 0. The van der Waals surface area contributed by atoms with Crippen molar-refractivity contribution in [1.82, 2.24) is 0 Å². The summed E-state index contributed by atoms with van der Waals surface area (Å²) < 4.78 is 0. The molecule has 0 atom stereocenters. The van der Waals surface area contributed by atoms with Gasteiger partial charge in [-0.15, -0.1) is 0 Å². The summed E-state index contributed by atoms with van der Waals surface area (Å²) in [5.41, 5.74) is 2.36. The van der Waals surface area contributed by atoms with Crippen LogP contribution in [0.5, 0.6) is 5.75 Å². The van der Waals surface area contributed by atoms with E-state index in [0.29, 0.717) is 0 Å². The van der Waals surface area contributed by atoms with Crippen molar-refractivity contribution in [1.29, 1.82) is 0 Å². The maximum Gasteiger partial charge on any atom is 0.181 e. The monoisotopic (exact) mass is 239 g/mol. The molecule has 0 aromatic heterocycles. The first-order valence-corrected chi connectivity index (χ1v) is 6.65. The summed E-state index contributed by atoms with van der Waals surface area (Å²) in [6, 6.07) is 17.9. The van der Waals surface area contributed by atoms with E-state index in [9.17, 15) is 5.11 Å². The Bertz CT molecular complexity index is 462. The molecule has 0 aliphatic carbocycles. The van der Waals surface area contributed by atoms with E-state index in [2.05, 4.69) is 30.3 Å². The molecule has 0 amide bonds. The molecule has 0 N–H and O–H groups in total. The van der Waals surface area contributed by atoms with E-state index in [1.807, 2.05) is 12.1 Å². The second-order valence-electron chi connectivity index (χ2n) is 4.65. The van der Waals surface area contributed by atoms with Gasteiger partial charge in [0.15, 0.2) is 5.75 Å². The zero-order valence-corrected chi connectivity index (χ0v) is 10.6. The fraction of sp³-hybridized carbons (Fsp3) is 0.294. The first kappa shape index (κ1) is 12.7. The molecule has 0 aliphatic rings. The minimum absolute atomic E-state index is 0.181. The predicted octanol–water partition coefficient (Wildman–Crippen LogP) is 4.79. The first-order chi connectivity index (χ1) is 8.86. The van der Waals surface area contributed by atoms with E-state index in [1.54, 1.807) is 12.1 Å². The van der Waals surface area contributed by atoms with E-state index in [1.165, 1.54) is 18.4 Å². The van der Waals surface area contributed by atoms with E-state index in [-0.39, 0.29) is 5.75 Å². The molecule has 0 unspecified atom stereocenters. The number of para-hydroxylation sites is 1. The summed E-state index contributed by atoms with van der Waals surface area (Å²) in [6.45, 7) is 0. The normalized spacial score (nSPS) is 10.4. The van der Waals surface area contributed by atoms with Gasteiger partial charge in [-0.1, -0.05) is 55.0 Å². The molecule has 0 aliphatic heterocycles. The third kappa shape index (κ3) is 3.92. The van der Waals surface area contributed by atoms with Gasteiger partial charge < -0.3 is 0 Å². The topological polar surface area (TPSA) is 19.9 Å². The van der Waals surface area contributed by atoms with Crippen molar-refractivity contribution in [2.45, 2.75) is 32.1 Å². The maximum absolute atomic E-state index is 11.5. The highest BCUT2D eigenvalue weighted by atomic mass is 16.3. The Morgan fingerprint density at radius 3 is 2.11 bits per heavy atom. The predicted molar refractivity (Wildman–Crippen MR) is 74.3 cm³/mol. The van der Waals surface area contributed by atoms with Gasteiger partial charge in [0.25, 0.3) is 0 Å². The molecular formula is C17H19O. The van der Waals surface area contributed by atoms with Crippen molar-refractivity contribution in [3.8, 4) is 5.75 Å². The van der Waals surface area contributed by atoms with Gasteiger partial charge in [-0.3, -0.25) is 5.11 Å². The molecule has 2 aromatic rings. The molecule has 1 radical (unpaired) electrons. The summed E-state index contributed by atoms with van der Waals surface area (Å²) in [6.07, 6.45) is 5.54. The van der Waals surface area contributed by atoms with Crippen molar-refractivity contribution in [3.63, 3.8) is 0 Å². The van der Waals surface area contributed by atoms with E-state index < -0.39 is 0 Å². The van der Waals surface area contributed by atoms with Crippen molar-refractivity contribution in [3.05, 3.63) is 65.7 Å². The third-order valence-corrected chi connectivity index (χ3v) is 3.23. The van der Waals surface area contributed by atoms with Crippen molar-refractivity contribution < 1.29 is 5.11 Å². The maximum atomic E-state index is 11.5. The molecule has 93 valence electrons. The van der Waals surface area contributed by atoms with E-state index in [4.69, 9.17) is 0 Å². The zero-order valence-electron chi connectivity index (χ0n) is 10.6. The van der Waals surface area contributed by atoms with Gasteiger partial charge >= 0.3 is 0 Å². The number of hydrogen-bond donors (Lipinski definition) is 0. The molecule has 1 heteroatoms. The lowest BCUT2D eigenvalue weighted by Gasteiger charge is -2.03. The van der Waals surface area contributed by atoms with Crippen LogP contribution in [0.3, 0.4) is 0 Å². The van der Waals surface area contributed by atoms with Crippen LogP contribution in [-0.4, -0.2) is 0 Å². The van der Waals surface area contributed by atoms with E-state index in [0.717, 1.165) is 24.8 Å². The lowest BCUT2D eigenvalue weighted by molar-refractivity contribution is 0.349. The fourth-order valence-electron chi connectivity index (χ4n) is 2.18. The van der Waals surface area contributed by atoms with Crippen LogP contribution < -0.4 is 0 Å². The number of rotatable bonds is 6. The average Bonchev–Trinajstić information content (AvgIpc) is 2.42. The van der Waals surface area contributed by atoms with Crippen molar-refractivity contribution in [2.24, 2.45) is 0 Å². The summed E-state index contributed by atoms with van der Waals surface area (Å²) in [4.78, 5) is 0. The molecule has 18 heavy (non-hydrogen) atoms. The SMILES string of the molecule is [O]c1ccccc1CCCCCc1ccccc1.